The van der Waals surface area contributed by atoms with Gasteiger partial charge in [-0.15, -0.1) is 0 Å². The van der Waals surface area contributed by atoms with Gasteiger partial charge in [-0.2, -0.15) is 0 Å². The first-order valence-electron chi connectivity index (χ1n) is 11.1. The average molecular weight is 425 g/mol. The summed E-state index contributed by atoms with van der Waals surface area (Å²) in [4.78, 5) is 6.89. The maximum absolute atomic E-state index is 10.6. The number of rotatable bonds is 6. The molecule has 2 aromatic carbocycles. The first kappa shape index (κ1) is 21.5. The number of hydrogen-bond donors (Lipinski definition) is 3. The molecule has 0 aliphatic carbocycles. The summed E-state index contributed by atoms with van der Waals surface area (Å²) in [6.45, 7) is 6.86. The Hall–Kier alpha value is -2.77. The summed E-state index contributed by atoms with van der Waals surface area (Å²) in [6.07, 6.45) is 1.38. The second-order valence-corrected chi connectivity index (χ2v) is 7.96. The van der Waals surface area contributed by atoms with Crippen LogP contribution in [0.1, 0.15) is 24.5 Å². The van der Waals surface area contributed by atoms with E-state index in [0.29, 0.717) is 32.3 Å². The summed E-state index contributed by atoms with van der Waals surface area (Å²) in [5.41, 5.74) is 3.64. The number of aliphatic imine (C=N–C) groups is 1. The molecule has 2 aliphatic rings. The summed E-state index contributed by atoms with van der Waals surface area (Å²) in [5.74, 6) is 2.15. The van der Waals surface area contributed by atoms with Crippen LogP contribution in [0.25, 0.3) is 0 Å². The lowest BCUT2D eigenvalue weighted by Gasteiger charge is -2.30. The van der Waals surface area contributed by atoms with Crippen LogP contribution in [-0.2, 0) is 13.0 Å². The Bertz CT molecular complexity index is 902. The molecule has 166 valence electrons. The fourth-order valence-corrected chi connectivity index (χ4v) is 3.95. The molecule has 31 heavy (non-hydrogen) atoms. The molecule has 1 unspecified atom stereocenters. The number of benzene rings is 2. The van der Waals surface area contributed by atoms with Crippen molar-refractivity contribution in [3.05, 3.63) is 53.6 Å². The van der Waals surface area contributed by atoms with Crippen molar-refractivity contribution in [2.45, 2.75) is 32.4 Å². The number of anilines is 1. The molecule has 2 heterocycles. The van der Waals surface area contributed by atoms with Crippen molar-refractivity contribution in [3.8, 4) is 11.5 Å². The molecule has 2 aliphatic heterocycles. The fourth-order valence-electron chi connectivity index (χ4n) is 3.95. The number of aliphatic hydroxyl groups is 1. The van der Waals surface area contributed by atoms with Gasteiger partial charge < -0.3 is 25.2 Å². The number of aliphatic hydroxyl groups excluding tert-OH is 1. The van der Waals surface area contributed by atoms with E-state index >= 15 is 0 Å². The standard InChI is InChI=1S/C24H32N4O3/c1-2-25-24(27-20-8-9-22-23(14-20)31-13-5-12-30-22)26-15-21(29)17-28-11-10-18-6-3-4-7-19(18)16-28/h3-4,6-9,14,21,29H,2,5,10-13,15-17H2,1H3,(H2,25,26,27). The largest absolute Gasteiger partial charge is 0.490 e. The number of ether oxygens (including phenoxy) is 2. The molecule has 0 saturated heterocycles. The van der Waals surface area contributed by atoms with Gasteiger partial charge in [-0.25, -0.2) is 0 Å². The lowest BCUT2D eigenvalue weighted by molar-refractivity contribution is 0.112. The predicted octanol–water partition coefficient (Wildman–Crippen LogP) is 2.64. The predicted molar refractivity (Wildman–Crippen MR) is 123 cm³/mol. The lowest BCUT2D eigenvalue weighted by Crippen LogP contribution is -2.38. The van der Waals surface area contributed by atoms with Crippen LogP contribution in [0.15, 0.2) is 47.5 Å². The van der Waals surface area contributed by atoms with Crippen molar-refractivity contribution >= 4 is 11.6 Å². The van der Waals surface area contributed by atoms with Gasteiger partial charge in [0.05, 0.1) is 25.9 Å². The van der Waals surface area contributed by atoms with Crippen LogP contribution in [-0.4, -0.2) is 61.5 Å². The summed E-state index contributed by atoms with van der Waals surface area (Å²) in [6, 6.07) is 14.3. The van der Waals surface area contributed by atoms with Gasteiger partial charge in [0.25, 0.3) is 0 Å². The molecule has 7 heteroatoms. The molecule has 4 rings (SSSR count). The normalized spacial score (nSPS) is 17.4. The minimum absolute atomic E-state index is 0.331. The Balaban J connectivity index is 1.34. The zero-order valence-corrected chi connectivity index (χ0v) is 18.1. The highest BCUT2D eigenvalue weighted by molar-refractivity contribution is 5.93. The maximum Gasteiger partial charge on any atom is 0.195 e. The molecule has 2 aromatic rings. The topological polar surface area (TPSA) is 78.4 Å². The van der Waals surface area contributed by atoms with Gasteiger partial charge in [0, 0.05) is 44.4 Å². The van der Waals surface area contributed by atoms with E-state index in [1.165, 1.54) is 11.1 Å². The van der Waals surface area contributed by atoms with Crippen molar-refractivity contribution in [1.29, 1.82) is 0 Å². The smallest absolute Gasteiger partial charge is 0.195 e. The van der Waals surface area contributed by atoms with Gasteiger partial charge in [0.1, 0.15) is 0 Å². The van der Waals surface area contributed by atoms with Crippen molar-refractivity contribution in [1.82, 2.24) is 10.2 Å². The van der Waals surface area contributed by atoms with Gasteiger partial charge in [0.2, 0.25) is 0 Å². The van der Waals surface area contributed by atoms with Crippen LogP contribution in [0.5, 0.6) is 11.5 Å². The number of hydrogen-bond acceptors (Lipinski definition) is 5. The van der Waals surface area contributed by atoms with Gasteiger partial charge in [-0.05, 0) is 36.6 Å². The zero-order valence-electron chi connectivity index (χ0n) is 18.1. The maximum atomic E-state index is 10.6. The highest BCUT2D eigenvalue weighted by Crippen LogP contribution is 2.32. The van der Waals surface area contributed by atoms with Crippen LogP contribution < -0.4 is 20.1 Å². The third-order valence-corrected chi connectivity index (χ3v) is 5.49. The number of nitrogens with one attached hydrogen (secondary N) is 2. The van der Waals surface area contributed by atoms with Crippen LogP contribution in [0, 0.1) is 0 Å². The van der Waals surface area contributed by atoms with Gasteiger partial charge in [-0.3, -0.25) is 9.89 Å². The molecule has 0 saturated carbocycles. The van der Waals surface area contributed by atoms with E-state index < -0.39 is 6.10 Å². The van der Waals surface area contributed by atoms with E-state index in [-0.39, 0.29) is 0 Å². The Morgan fingerprint density at radius 1 is 1.13 bits per heavy atom. The number of β-amino-alcohol motifs (C(OH)–C–C–N with tert-alkyl or cyclic N) is 1. The lowest BCUT2D eigenvalue weighted by atomic mass is 10.00. The molecule has 0 amide bonds. The van der Waals surface area contributed by atoms with Crippen LogP contribution in [0.4, 0.5) is 5.69 Å². The Morgan fingerprint density at radius 3 is 2.77 bits per heavy atom. The molecule has 0 radical (unpaired) electrons. The van der Waals surface area contributed by atoms with Crippen LogP contribution in [0.2, 0.25) is 0 Å². The molecular formula is C24H32N4O3. The summed E-state index contributed by atoms with van der Waals surface area (Å²) in [7, 11) is 0. The summed E-state index contributed by atoms with van der Waals surface area (Å²) in [5, 5.41) is 17.1. The summed E-state index contributed by atoms with van der Waals surface area (Å²) >= 11 is 0. The van der Waals surface area contributed by atoms with E-state index in [1.54, 1.807) is 0 Å². The Labute approximate surface area is 184 Å². The van der Waals surface area contributed by atoms with Gasteiger partial charge in [-0.1, -0.05) is 24.3 Å². The monoisotopic (exact) mass is 424 g/mol. The van der Waals surface area contributed by atoms with E-state index in [4.69, 9.17) is 9.47 Å². The minimum Gasteiger partial charge on any atom is -0.490 e. The highest BCUT2D eigenvalue weighted by atomic mass is 16.5. The van der Waals surface area contributed by atoms with E-state index in [9.17, 15) is 5.11 Å². The second kappa shape index (κ2) is 10.5. The Morgan fingerprint density at radius 2 is 1.94 bits per heavy atom. The molecule has 7 nitrogen and oxygen atoms in total. The quantitative estimate of drug-likeness (QED) is 0.489. The third kappa shape index (κ3) is 5.89. The number of guanidine groups is 1. The van der Waals surface area contributed by atoms with E-state index in [1.807, 2.05) is 25.1 Å². The van der Waals surface area contributed by atoms with E-state index in [2.05, 4.69) is 44.8 Å². The van der Waals surface area contributed by atoms with E-state index in [0.717, 1.165) is 49.7 Å². The molecule has 0 fully saturated rings. The molecule has 1 atom stereocenters. The third-order valence-electron chi connectivity index (χ3n) is 5.49. The first-order valence-corrected chi connectivity index (χ1v) is 11.1. The van der Waals surface area contributed by atoms with Crippen molar-refractivity contribution in [2.24, 2.45) is 4.99 Å². The highest BCUT2D eigenvalue weighted by Gasteiger charge is 2.18. The molecule has 0 bridgehead atoms. The Kier molecular flexibility index (Phi) is 7.27. The summed E-state index contributed by atoms with van der Waals surface area (Å²) < 4.78 is 11.5. The van der Waals surface area contributed by atoms with Crippen molar-refractivity contribution in [2.75, 3.05) is 44.7 Å². The van der Waals surface area contributed by atoms with Crippen LogP contribution in [0.3, 0.4) is 0 Å². The van der Waals surface area contributed by atoms with Gasteiger partial charge >= 0.3 is 0 Å². The second-order valence-electron chi connectivity index (χ2n) is 7.96. The molecular weight excluding hydrogens is 392 g/mol. The zero-order chi connectivity index (χ0) is 21.5. The average Bonchev–Trinajstić information content (AvgIpc) is 3.02. The number of nitrogens with zero attached hydrogens (tertiary/aromatic N) is 2. The van der Waals surface area contributed by atoms with Gasteiger partial charge in [0.15, 0.2) is 17.5 Å². The SMILES string of the molecule is CCNC(=NCC(O)CN1CCc2ccccc2C1)Nc1ccc2c(c1)OCCCO2. The fraction of sp³-hybridized carbons (Fsp3) is 0.458. The number of fused-ring (bicyclic) bond motifs is 2. The van der Waals surface area contributed by atoms with Crippen LogP contribution >= 0.6 is 0 Å². The van der Waals surface area contributed by atoms with Crippen molar-refractivity contribution < 1.29 is 14.6 Å². The first-order chi connectivity index (χ1) is 15.2. The molecule has 0 aromatic heterocycles. The van der Waals surface area contributed by atoms with Crippen molar-refractivity contribution in [3.63, 3.8) is 0 Å². The molecule has 3 N–H and O–H groups in total. The molecule has 0 spiro atoms. The minimum atomic E-state index is -0.524.